The van der Waals surface area contributed by atoms with Gasteiger partial charge in [0.25, 0.3) is 0 Å². The summed E-state index contributed by atoms with van der Waals surface area (Å²) in [6.07, 6.45) is 2.38. The number of Topliss-reactive ketones (excluding diaryl/α,β-unsaturated/α-hetero) is 1. The van der Waals surface area contributed by atoms with Crippen LogP contribution in [0.3, 0.4) is 0 Å². The number of aromatic nitrogens is 2. The molecule has 0 aromatic carbocycles. The van der Waals surface area contributed by atoms with Crippen LogP contribution in [-0.4, -0.2) is 22.2 Å². The molecule has 0 aliphatic rings. The van der Waals surface area contributed by atoms with Gasteiger partial charge in [-0.3, -0.25) is 4.79 Å². The lowest BCUT2D eigenvalue weighted by Gasteiger charge is -2.02. The summed E-state index contributed by atoms with van der Waals surface area (Å²) < 4.78 is 5.04. The fraction of sp³-hybridized carbons (Fsp3) is 0.417. The molecule has 0 bridgehead atoms. The van der Waals surface area contributed by atoms with Gasteiger partial charge in [0.05, 0.1) is 22.0 Å². The maximum atomic E-state index is 11.8. The highest BCUT2D eigenvalue weighted by Crippen LogP contribution is 2.42. The Balaban J connectivity index is 2.20. The Labute approximate surface area is 125 Å². The third kappa shape index (κ3) is 2.96. The van der Waals surface area contributed by atoms with E-state index in [2.05, 4.69) is 15.5 Å². The molecule has 0 atom stereocenters. The molecule has 8 heteroatoms. The molecule has 2 heterocycles. The fourth-order valence-electron chi connectivity index (χ4n) is 1.68. The van der Waals surface area contributed by atoms with E-state index in [-0.39, 0.29) is 5.78 Å². The number of nitrogen functional groups attached to an aromatic ring is 1. The zero-order valence-electron chi connectivity index (χ0n) is 11.5. The molecule has 3 N–H and O–H groups in total. The number of carbonyl (C=O) groups is 1. The molecule has 108 valence electrons. The van der Waals surface area contributed by atoms with Crippen molar-refractivity contribution in [1.82, 2.24) is 10.1 Å². The van der Waals surface area contributed by atoms with E-state index >= 15 is 0 Å². The molecule has 0 saturated carbocycles. The Hall–Kier alpha value is -1.54. The van der Waals surface area contributed by atoms with Crippen LogP contribution in [0.15, 0.2) is 9.42 Å². The van der Waals surface area contributed by atoms with Crippen LogP contribution in [0.4, 0.5) is 10.7 Å². The maximum absolute atomic E-state index is 11.8. The van der Waals surface area contributed by atoms with Crippen molar-refractivity contribution in [3.63, 3.8) is 0 Å². The van der Waals surface area contributed by atoms with Gasteiger partial charge in [0, 0.05) is 6.42 Å². The third-order valence-electron chi connectivity index (χ3n) is 2.65. The number of nitrogens with two attached hydrogens (primary N) is 1. The van der Waals surface area contributed by atoms with Crippen LogP contribution in [0, 0.1) is 6.92 Å². The van der Waals surface area contributed by atoms with Gasteiger partial charge in [-0.2, -0.15) is 4.98 Å². The summed E-state index contributed by atoms with van der Waals surface area (Å²) in [5.41, 5.74) is 6.60. The van der Waals surface area contributed by atoms with Crippen LogP contribution in [0.5, 0.6) is 0 Å². The first-order valence-electron chi connectivity index (χ1n) is 6.09. The monoisotopic (exact) mass is 312 g/mol. The zero-order chi connectivity index (χ0) is 14.7. The normalized spacial score (nSPS) is 10.8. The van der Waals surface area contributed by atoms with Gasteiger partial charge in [0.2, 0.25) is 5.89 Å². The van der Waals surface area contributed by atoms with E-state index in [4.69, 9.17) is 10.3 Å². The maximum Gasteiger partial charge on any atom is 0.245 e. The van der Waals surface area contributed by atoms with Gasteiger partial charge in [-0.05, 0) is 13.2 Å². The van der Waals surface area contributed by atoms with Crippen LogP contribution < -0.4 is 11.1 Å². The molecule has 0 aliphatic carbocycles. The molecule has 20 heavy (non-hydrogen) atoms. The standard InChI is InChI=1S/C12H16N4O2S2/c1-4-7(17)10-9(13)11(19-3)12(20-10)14-5-8-15-6(2)16-18-8/h14H,4-5,13H2,1-3H3. The van der Waals surface area contributed by atoms with Gasteiger partial charge < -0.3 is 15.6 Å². The summed E-state index contributed by atoms with van der Waals surface area (Å²) in [6.45, 7) is 4.00. The number of anilines is 2. The van der Waals surface area contributed by atoms with E-state index in [1.165, 1.54) is 23.1 Å². The van der Waals surface area contributed by atoms with E-state index in [0.717, 1.165) is 9.90 Å². The second-order valence-corrected chi connectivity index (χ2v) is 5.91. The van der Waals surface area contributed by atoms with Crippen molar-refractivity contribution in [3.8, 4) is 0 Å². The minimum atomic E-state index is 0.0597. The van der Waals surface area contributed by atoms with E-state index in [1.54, 1.807) is 6.92 Å². The first kappa shape index (κ1) is 14.9. The van der Waals surface area contributed by atoms with Crippen molar-refractivity contribution < 1.29 is 9.32 Å². The molecule has 0 fully saturated rings. The summed E-state index contributed by atoms with van der Waals surface area (Å²) in [7, 11) is 0. The van der Waals surface area contributed by atoms with E-state index < -0.39 is 0 Å². The summed E-state index contributed by atoms with van der Waals surface area (Å²) >= 11 is 2.89. The number of nitrogens with one attached hydrogen (secondary N) is 1. The Morgan fingerprint density at radius 1 is 1.55 bits per heavy atom. The topological polar surface area (TPSA) is 94.0 Å². The number of thiophene rings is 1. The zero-order valence-corrected chi connectivity index (χ0v) is 13.2. The molecule has 0 amide bonds. The smallest absolute Gasteiger partial charge is 0.245 e. The number of hydrogen-bond acceptors (Lipinski definition) is 8. The van der Waals surface area contributed by atoms with Gasteiger partial charge in [0.1, 0.15) is 5.00 Å². The van der Waals surface area contributed by atoms with Gasteiger partial charge in [0.15, 0.2) is 11.6 Å². The number of ketones is 1. The molecule has 2 aromatic rings. The van der Waals surface area contributed by atoms with Crippen LogP contribution >= 0.6 is 23.1 Å². The molecule has 0 unspecified atom stereocenters. The largest absolute Gasteiger partial charge is 0.396 e. The van der Waals surface area contributed by atoms with Gasteiger partial charge in [-0.25, -0.2) is 0 Å². The van der Waals surface area contributed by atoms with E-state index in [1.807, 2.05) is 13.2 Å². The van der Waals surface area contributed by atoms with Crippen molar-refractivity contribution in [2.45, 2.75) is 31.7 Å². The first-order valence-corrected chi connectivity index (χ1v) is 8.13. The summed E-state index contributed by atoms with van der Waals surface area (Å²) in [6, 6.07) is 0. The highest BCUT2D eigenvalue weighted by atomic mass is 32.2. The number of hydrogen-bond donors (Lipinski definition) is 2. The molecule has 0 aliphatic heterocycles. The number of aryl methyl sites for hydroxylation is 1. The van der Waals surface area contributed by atoms with Crippen LogP contribution in [0.25, 0.3) is 0 Å². The highest BCUT2D eigenvalue weighted by Gasteiger charge is 2.19. The second-order valence-electron chi connectivity index (χ2n) is 4.07. The lowest BCUT2D eigenvalue weighted by molar-refractivity contribution is 0.0992. The average molecular weight is 312 g/mol. The van der Waals surface area contributed by atoms with Crippen molar-refractivity contribution in [3.05, 3.63) is 16.6 Å². The van der Waals surface area contributed by atoms with E-state index in [9.17, 15) is 4.79 Å². The second kappa shape index (κ2) is 6.27. The SMILES string of the molecule is CCC(=O)c1sc(NCc2nc(C)no2)c(SC)c1N. The van der Waals surface area contributed by atoms with Crippen molar-refractivity contribution >= 4 is 39.6 Å². The fourth-order valence-corrected chi connectivity index (χ4v) is 3.72. The van der Waals surface area contributed by atoms with E-state index in [0.29, 0.717) is 35.2 Å². The Morgan fingerprint density at radius 2 is 2.30 bits per heavy atom. The third-order valence-corrected chi connectivity index (χ3v) is 4.81. The quantitative estimate of drug-likeness (QED) is 0.625. The minimum absolute atomic E-state index is 0.0597. The molecule has 0 spiro atoms. The summed E-state index contributed by atoms with van der Waals surface area (Å²) in [5, 5.41) is 7.80. The van der Waals surface area contributed by atoms with Crippen LogP contribution in [0.1, 0.15) is 34.7 Å². The lowest BCUT2D eigenvalue weighted by atomic mass is 10.2. The molecule has 0 radical (unpaired) electrons. The lowest BCUT2D eigenvalue weighted by Crippen LogP contribution is -1.99. The molecule has 2 aromatic heterocycles. The van der Waals surface area contributed by atoms with Gasteiger partial charge in [-0.15, -0.1) is 23.1 Å². The van der Waals surface area contributed by atoms with Gasteiger partial charge >= 0.3 is 0 Å². The molecule has 2 rings (SSSR count). The molecular formula is C12H16N4O2S2. The summed E-state index contributed by atoms with van der Waals surface area (Å²) in [5.74, 6) is 1.16. The van der Waals surface area contributed by atoms with Gasteiger partial charge in [-0.1, -0.05) is 12.1 Å². The predicted molar refractivity (Wildman–Crippen MR) is 81.5 cm³/mol. The van der Waals surface area contributed by atoms with Crippen LogP contribution in [0.2, 0.25) is 0 Å². The number of nitrogens with zero attached hydrogens (tertiary/aromatic N) is 2. The molecule has 0 saturated heterocycles. The molecular weight excluding hydrogens is 296 g/mol. The Morgan fingerprint density at radius 3 is 2.85 bits per heavy atom. The average Bonchev–Trinajstić information content (AvgIpc) is 2.99. The number of thioether (sulfide) groups is 1. The number of carbonyl (C=O) groups excluding carboxylic acids is 1. The first-order chi connectivity index (χ1) is 9.56. The van der Waals surface area contributed by atoms with Crippen molar-refractivity contribution in [2.24, 2.45) is 0 Å². The highest BCUT2D eigenvalue weighted by molar-refractivity contribution is 7.99. The summed E-state index contributed by atoms with van der Waals surface area (Å²) in [4.78, 5) is 17.5. The predicted octanol–water partition coefficient (Wildman–Crippen LogP) is 2.95. The Kier molecular flexibility index (Phi) is 4.66. The van der Waals surface area contributed by atoms with Crippen molar-refractivity contribution in [2.75, 3.05) is 17.3 Å². The van der Waals surface area contributed by atoms with Crippen molar-refractivity contribution in [1.29, 1.82) is 0 Å². The molecule has 6 nitrogen and oxygen atoms in total. The Bertz CT molecular complexity index is 621. The number of rotatable bonds is 6. The minimum Gasteiger partial charge on any atom is -0.396 e. The van der Waals surface area contributed by atoms with Crippen LogP contribution in [-0.2, 0) is 6.54 Å².